The third-order valence-electron chi connectivity index (χ3n) is 5.56. The summed E-state index contributed by atoms with van der Waals surface area (Å²) in [6, 6.07) is 15.9. The maximum absolute atomic E-state index is 12.7. The molecular weight excluding hydrogens is 364 g/mol. The summed E-state index contributed by atoms with van der Waals surface area (Å²) >= 11 is 0. The van der Waals surface area contributed by atoms with Gasteiger partial charge in [-0.3, -0.25) is 9.69 Å². The van der Waals surface area contributed by atoms with Crippen LogP contribution in [0.1, 0.15) is 40.3 Å². The maximum Gasteiger partial charge on any atom is 0.253 e. The predicted octanol–water partition coefficient (Wildman–Crippen LogP) is 3.87. The van der Waals surface area contributed by atoms with E-state index in [-0.39, 0.29) is 11.9 Å². The lowest BCUT2D eigenvalue weighted by molar-refractivity contribution is 0.0551. The van der Waals surface area contributed by atoms with Crippen molar-refractivity contribution in [2.24, 2.45) is 0 Å². The van der Waals surface area contributed by atoms with Gasteiger partial charge < -0.3 is 9.42 Å². The summed E-state index contributed by atoms with van der Waals surface area (Å²) in [4.78, 5) is 21.5. The summed E-state index contributed by atoms with van der Waals surface area (Å²) in [5.74, 6) is 1.32. The van der Waals surface area contributed by atoms with E-state index in [1.165, 1.54) is 5.56 Å². The molecule has 1 aromatic heterocycles. The van der Waals surface area contributed by atoms with E-state index in [1.54, 1.807) is 0 Å². The van der Waals surface area contributed by atoms with E-state index in [0.717, 1.165) is 29.8 Å². The minimum Gasteiger partial charge on any atom is -0.337 e. The number of rotatable bonds is 4. The van der Waals surface area contributed by atoms with Crippen LogP contribution >= 0.6 is 0 Å². The molecular formula is C23H26N4O2. The van der Waals surface area contributed by atoms with Crippen LogP contribution in [0.4, 0.5) is 0 Å². The Kier molecular flexibility index (Phi) is 5.45. The lowest BCUT2D eigenvalue weighted by atomic mass is 10.1. The van der Waals surface area contributed by atoms with Gasteiger partial charge in [0.2, 0.25) is 11.7 Å². The molecule has 150 valence electrons. The maximum atomic E-state index is 12.7. The monoisotopic (exact) mass is 390 g/mol. The van der Waals surface area contributed by atoms with Crippen LogP contribution in [-0.2, 0) is 0 Å². The average molecular weight is 390 g/mol. The average Bonchev–Trinajstić information content (AvgIpc) is 3.24. The molecule has 2 aromatic carbocycles. The van der Waals surface area contributed by atoms with Gasteiger partial charge in [-0.05, 0) is 32.9 Å². The second kappa shape index (κ2) is 8.17. The van der Waals surface area contributed by atoms with E-state index < -0.39 is 0 Å². The molecule has 1 fully saturated rings. The topological polar surface area (TPSA) is 62.5 Å². The molecule has 0 saturated carbocycles. The minimum atomic E-state index is 0.0123. The fraction of sp³-hybridized carbons (Fsp3) is 0.348. The first kappa shape index (κ1) is 19.3. The number of aryl methyl sites for hydroxylation is 2. The molecule has 0 spiro atoms. The van der Waals surface area contributed by atoms with Crippen LogP contribution in [0.2, 0.25) is 0 Å². The molecule has 3 aromatic rings. The van der Waals surface area contributed by atoms with Crippen molar-refractivity contribution >= 4 is 5.91 Å². The van der Waals surface area contributed by atoms with Crippen molar-refractivity contribution in [3.05, 3.63) is 71.1 Å². The summed E-state index contributed by atoms with van der Waals surface area (Å²) < 4.78 is 5.54. The highest BCUT2D eigenvalue weighted by molar-refractivity contribution is 5.94. The Hall–Kier alpha value is -2.99. The first-order valence-electron chi connectivity index (χ1n) is 10.0. The van der Waals surface area contributed by atoms with Crippen molar-refractivity contribution in [2.45, 2.75) is 26.8 Å². The Balaban J connectivity index is 1.38. The smallest absolute Gasteiger partial charge is 0.253 e. The molecule has 6 heteroatoms. The SMILES string of the molecule is Cc1ccc(C(=O)N2CCN(C(C)c3nc(-c4ccc(C)cc4)no3)CC2)cc1. The zero-order valence-corrected chi connectivity index (χ0v) is 17.1. The molecule has 1 saturated heterocycles. The molecule has 6 nitrogen and oxygen atoms in total. The van der Waals surface area contributed by atoms with Gasteiger partial charge in [-0.15, -0.1) is 0 Å². The number of benzene rings is 2. The number of piperazine rings is 1. The normalized spacial score (nSPS) is 16.0. The van der Waals surface area contributed by atoms with Gasteiger partial charge >= 0.3 is 0 Å². The van der Waals surface area contributed by atoms with Crippen LogP contribution in [0.25, 0.3) is 11.4 Å². The van der Waals surface area contributed by atoms with Crippen LogP contribution in [0.3, 0.4) is 0 Å². The standard InChI is InChI=1S/C23H26N4O2/c1-16-4-8-19(9-5-16)21-24-22(29-25-21)18(3)26-12-14-27(15-13-26)23(28)20-10-6-17(2)7-11-20/h4-11,18H,12-15H2,1-3H3. The molecule has 1 unspecified atom stereocenters. The largest absolute Gasteiger partial charge is 0.337 e. The third kappa shape index (κ3) is 4.22. The van der Waals surface area contributed by atoms with Gasteiger partial charge in [0.1, 0.15) is 0 Å². The Bertz CT molecular complexity index is 971. The molecule has 0 N–H and O–H groups in total. The first-order valence-corrected chi connectivity index (χ1v) is 10.0. The van der Waals surface area contributed by atoms with Crippen molar-refractivity contribution in [3.8, 4) is 11.4 Å². The van der Waals surface area contributed by atoms with E-state index >= 15 is 0 Å². The van der Waals surface area contributed by atoms with Gasteiger partial charge in [-0.25, -0.2) is 0 Å². The van der Waals surface area contributed by atoms with Crippen molar-refractivity contribution in [3.63, 3.8) is 0 Å². The fourth-order valence-corrected chi connectivity index (χ4v) is 3.57. The summed E-state index contributed by atoms with van der Waals surface area (Å²) in [6.45, 7) is 9.09. The Morgan fingerprint density at radius 2 is 1.52 bits per heavy atom. The van der Waals surface area contributed by atoms with Gasteiger partial charge in [0.15, 0.2) is 0 Å². The number of carbonyl (C=O) groups excluding carboxylic acids is 1. The number of hydrogen-bond donors (Lipinski definition) is 0. The summed E-state index contributed by atoms with van der Waals surface area (Å²) in [7, 11) is 0. The van der Waals surface area contributed by atoms with Crippen LogP contribution in [0.5, 0.6) is 0 Å². The van der Waals surface area contributed by atoms with Crippen LogP contribution in [-0.4, -0.2) is 52.0 Å². The molecule has 1 aliphatic heterocycles. The van der Waals surface area contributed by atoms with E-state index in [2.05, 4.69) is 28.9 Å². The van der Waals surface area contributed by atoms with E-state index in [1.807, 2.05) is 60.4 Å². The predicted molar refractivity (Wildman–Crippen MR) is 112 cm³/mol. The molecule has 29 heavy (non-hydrogen) atoms. The van der Waals surface area contributed by atoms with Crippen molar-refractivity contribution < 1.29 is 9.32 Å². The van der Waals surface area contributed by atoms with Crippen molar-refractivity contribution in [2.75, 3.05) is 26.2 Å². The molecule has 1 atom stereocenters. The van der Waals surface area contributed by atoms with Gasteiger partial charge in [0.05, 0.1) is 6.04 Å². The van der Waals surface area contributed by atoms with E-state index in [0.29, 0.717) is 24.8 Å². The zero-order valence-electron chi connectivity index (χ0n) is 17.1. The summed E-state index contributed by atoms with van der Waals surface area (Å²) in [5.41, 5.74) is 4.05. The van der Waals surface area contributed by atoms with E-state index in [9.17, 15) is 4.79 Å². The summed E-state index contributed by atoms with van der Waals surface area (Å²) in [6.07, 6.45) is 0. The second-order valence-electron chi connectivity index (χ2n) is 7.69. The van der Waals surface area contributed by atoms with Crippen LogP contribution in [0.15, 0.2) is 53.1 Å². The number of aromatic nitrogens is 2. The molecule has 0 aliphatic carbocycles. The van der Waals surface area contributed by atoms with Gasteiger partial charge in [0.25, 0.3) is 5.91 Å². The zero-order chi connectivity index (χ0) is 20.4. The lowest BCUT2D eigenvalue weighted by Crippen LogP contribution is -2.49. The van der Waals surface area contributed by atoms with Crippen LogP contribution < -0.4 is 0 Å². The number of hydrogen-bond acceptors (Lipinski definition) is 5. The number of amides is 1. The van der Waals surface area contributed by atoms with Gasteiger partial charge in [0, 0.05) is 37.3 Å². The molecule has 0 radical (unpaired) electrons. The number of carbonyl (C=O) groups is 1. The summed E-state index contributed by atoms with van der Waals surface area (Å²) in [5, 5.41) is 4.14. The highest BCUT2D eigenvalue weighted by Gasteiger charge is 2.28. The second-order valence-corrected chi connectivity index (χ2v) is 7.69. The molecule has 4 rings (SSSR count). The number of nitrogens with zero attached hydrogens (tertiary/aromatic N) is 4. The van der Waals surface area contributed by atoms with Crippen molar-refractivity contribution in [1.29, 1.82) is 0 Å². The molecule has 1 amide bonds. The van der Waals surface area contributed by atoms with Crippen LogP contribution in [0, 0.1) is 13.8 Å². The van der Waals surface area contributed by atoms with E-state index in [4.69, 9.17) is 4.52 Å². The highest BCUT2D eigenvalue weighted by atomic mass is 16.5. The minimum absolute atomic E-state index is 0.0123. The molecule has 0 bridgehead atoms. The fourth-order valence-electron chi connectivity index (χ4n) is 3.57. The highest BCUT2D eigenvalue weighted by Crippen LogP contribution is 2.24. The van der Waals surface area contributed by atoms with Gasteiger partial charge in [-0.1, -0.05) is 52.7 Å². The third-order valence-corrected chi connectivity index (χ3v) is 5.56. The lowest BCUT2D eigenvalue weighted by Gasteiger charge is -2.36. The molecule has 1 aliphatic rings. The molecule has 2 heterocycles. The quantitative estimate of drug-likeness (QED) is 0.677. The van der Waals surface area contributed by atoms with Gasteiger partial charge in [-0.2, -0.15) is 4.98 Å². The Morgan fingerprint density at radius 1 is 0.931 bits per heavy atom. The Labute approximate surface area is 171 Å². The Morgan fingerprint density at radius 3 is 2.14 bits per heavy atom. The first-order chi connectivity index (χ1) is 14.0. The van der Waals surface area contributed by atoms with Crippen molar-refractivity contribution in [1.82, 2.24) is 19.9 Å².